The Morgan fingerprint density at radius 2 is 1.69 bits per heavy atom. The van der Waals surface area contributed by atoms with Gasteiger partial charge in [0, 0.05) is 5.69 Å². The van der Waals surface area contributed by atoms with Crippen LogP contribution in [0.2, 0.25) is 0 Å². The average Bonchev–Trinajstić information content (AvgIpc) is 2.14. The van der Waals surface area contributed by atoms with Crippen molar-refractivity contribution in [2.45, 2.75) is 5.75 Å². The van der Waals surface area contributed by atoms with Gasteiger partial charge in [-0.25, -0.2) is 13.6 Å². The summed E-state index contributed by atoms with van der Waals surface area (Å²) in [5, 5.41) is 6.93. The van der Waals surface area contributed by atoms with Crippen LogP contribution in [0.5, 0.6) is 0 Å². The van der Waals surface area contributed by atoms with Crippen LogP contribution in [-0.2, 0) is 15.8 Å². The molecule has 0 heterocycles. The number of hydrogen-bond donors (Lipinski definition) is 2. The molecule has 0 amide bonds. The second kappa shape index (κ2) is 3.77. The van der Waals surface area contributed by atoms with Crippen molar-refractivity contribution in [2.75, 3.05) is 5.73 Å². The van der Waals surface area contributed by atoms with Crippen LogP contribution in [0.4, 0.5) is 5.69 Å². The summed E-state index contributed by atoms with van der Waals surface area (Å²) in [7, 11) is -3.49. The van der Waals surface area contributed by atoms with Crippen LogP contribution in [-0.4, -0.2) is 8.42 Å². The van der Waals surface area contributed by atoms with Crippen molar-refractivity contribution in [1.82, 2.24) is 0 Å². The highest BCUT2D eigenvalue weighted by Gasteiger charge is 2.05. The van der Waals surface area contributed by atoms with Crippen LogP contribution in [0.1, 0.15) is 5.56 Å². The first-order chi connectivity index (χ1) is 7.44. The highest BCUT2D eigenvalue weighted by molar-refractivity contribution is 7.88. The number of primary sulfonamides is 1. The fraction of sp³-hybridized carbons (Fsp3) is 0.0909. The van der Waals surface area contributed by atoms with Crippen molar-refractivity contribution >= 4 is 26.5 Å². The van der Waals surface area contributed by atoms with Gasteiger partial charge in [-0.15, -0.1) is 0 Å². The first kappa shape index (κ1) is 10.9. The van der Waals surface area contributed by atoms with Gasteiger partial charge in [0.15, 0.2) is 0 Å². The van der Waals surface area contributed by atoms with E-state index in [2.05, 4.69) is 0 Å². The maximum absolute atomic E-state index is 11.0. The maximum Gasteiger partial charge on any atom is 0.213 e. The summed E-state index contributed by atoms with van der Waals surface area (Å²) in [6.07, 6.45) is 0. The predicted octanol–water partition coefficient (Wildman–Crippen LogP) is 1.21. The molecule has 0 aliphatic heterocycles. The number of nitrogens with two attached hydrogens (primary N) is 2. The van der Waals surface area contributed by atoms with E-state index in [9.17, 15) is 8.42 Å². The molecular formula is C11H12N2O2S. The van der Waals surface area contributed by atoms with Gasteiger partial charge in [-0.2, -0.15) is 0 Å². The van der Waals surface area contributed by atoms with Gasteiger partial charge in [-0.05, 0) is 28.5 Å². The lowest BCUT2D eigenvalue weighted by Crippen LogP contribution is -2.14. The van der Waals surface area contributed by atoms with E-state index >= 15 is 0 Å². The van der Waals surface area contributed by atoms with Crippen LogP contribution in [0.15, 0.2) is 36.4 Å². The summed E-state index contributed by atoms with van der Waals surface area (Å²) in [6, 6.07) is 10.9. The highest BCUT2D eigenvalue weighted by Crippen LogP contribution is 2.19. The molecule has 0 saturated heterocycles. The van der Waals surface area contributed by atoms with Crippen molar-refractivity contribution in [1.29, 1.82) is 0 Å². The summed E-state index contributed by atoms with van der Waals surface area (Å²) in [5.74, 6) is -0.155. The van der Waals surface area contributed by atoms with Gasteiger partial charge in [-0.3, -0.25) is 0 Å². The molecule has 0 radical (unpaired) electrons. The van der Waals surface area contributed by atoms with Crippen molar-refractivity contribution in [3.05, 3.63) is 42.0 Å². The fourth-order valence-corrected chi connectivity index (χ4v) is 2.28. The molecule has 0 saturated carbocycles. The Morgan fingerprint density at radius 1 is 1.00 bits per heavy atom. The van der Waals surface area contributed by atoms with E-state index in [0.29, 0.717) is 11.3 Å². The minimum absolute atomic E-state index is 0.155. The fourth-order valence-electron chi connectivity index (χ4n) is 1.64. The number of sulfonamides is 1. The SMILES string of the molecule is Nc1ccc2ccc(CS(N)(=O)=O)cc2c1. The van der Waals surface area contributed by atoms with E-state index in [1.54, 1.807) is 12.1 Å². The van der Waals surface area contributed by atoms with Crippen molar-refractivity contribution < 1.29 is 8.42 Å². The van der Waals surface area contributed by atoms with Gasteiger partial charge in [0.25, 0.3) is 0 Å². The molecule has 2 rings (SSSR count). The zero-order chi connectivity index (χ0) is 11.8. The first-order valence-electron chi connectivity index (χ1n) is 4.73. The van der Waals surface area contributed by atoms with E-state index in [4.69, 9.17) is 10.9 Å². The van der Waals surface area contributed by atoms with Crippen LogP contribution in [0.3, 0.4) is 0 Å². The summed E-state index contributed by atoms with van der Waals surface area (Å²) in [4.78, 5) is 0. The normalized spacial score (nSPS) is 11.8. The highest BCUT2D eigenvalue weighted by atomic mass is 32.2. The van der Waals surface area contributed by atoms with Crippen molar-refractivity contribution in [2.24, 2.45) is 5.14 Å². The van der Waals surface area contributed by atoms with E-state index in [0.717, 1.165) is 10.8 Å². The van der Waals surface area contributed by atoms with E-state index < -0.39 is 10.0 Å². The molecule has 0 unspecified atom stereocenters. The Bertz CT molecular complexity index is 635. The van der Waals surface area contributed by atoms with Crippen LogP contribution in [0.25, 0.3) is 10.8 Å². The van der Waals surface area contributed by atoms with Gasteiger partial charge in [0.05, 0.1) is 5.75 Å². The van der Waals surface area contributed by atoms with E-state index in [1.807, 2.05) is 24.3 Å². The van der Waals surface area contributed by atoms with Gasteiger partial charge in [0.1, 0.15) is 0 Å². The lowest BCUT2D eigenvalue weighted by atomic mass is 10.1. The minimum Gasteiger partial charge on any atom is -0.399 e. The summed E-state index contributed by atoms with van der Waals surface area (Å²) in [5.41, 5.74) is 6.98. The smallest absolute Gasteiger partial charge is 0.213 e. The molecule has 0 aliphatic rings. The number of anilines is 1. The largest absolute Gasteiger partial charge is 0.399 e. The third-order valence-corrected chi connectivity index (χ3v) is 3.03. The van der Waals surface area contributed by atoms with Crippen LogP contribution < -0.4 is 10.9 Å². The minimum atomic E-state index is -3.49. The Morgan fingerprint density at radius 3 is 2.38 bits per heavy atom. The zero-order valence-corrected chi connectivity index (χ0v) is 9.37. The third kappa shape index (κ3) is 2.50. The molecule has 0 spiro atoms. The van der Waals surface area contributed by atoms with Crippen LogP contribution in [0, 0.1) is 0 Å². The number of nitrogen functional groups attached to an aromatic ring is 1. The number of rotatable bonds is 2. The lowest BCUT2D eigenvalue weighted by molar-refractivity contribution is 0.597. The summed E-state index contributed by atoms with van der Waals surface area (Å²) in [6.45, 7) is 0. The van der Waals surface area contributed by atoms with Gasteiger partial charge in [0.2, 0.25) is 10.0 Å². The molecule has 0 aliphatic carbocycles. The average molecular weight is 236 g/mol. The summed E-state index contributed by atoms with van der Waals surface area (Å²) < 4.78 is 21.9. The second-order valence-corrected chi connectivity index (χ2v) is 5.36. The molecular weight excluding hydrogens is 224 g/mol. The van der Waals surface area contributed by atoms with Gasteiger partial charge >= 0.3 is 0 Å². The Kier molecular flexibility index (Phi) is 2.57. The Labute approximate surface area is 93.9 Å². The van der Waals surface area contributed by atoms with E-state index in [-0.39, 0.29) is 5.75 Å². The molecule has 84 valence electrons. The van der Waals surface area contributed by atoms with Gasteiger partial charge < -0.3 is 5.73 Å². The first-order valence-corrected chi connectivity index (χ1v) is 6.44. The Hall–Kier alpha value is -1.59. The quantitative estimate of drug-likeness (QED) is 0.768. The van der Waals surface area contributed by atoms with Gasteiger partial charge in [-0.1, -0.05) is 24.3 Å². The number of benzene rings is 2. The molecule has 0 bridgehead atoms. The standard InChI is InChI=1S/C11H12N2O2S/c12-11-4-3-9-2-1-8(5-10(9)6-11)7-16(13,14)15/h1-6H,7,12H2,(H2,13,14,15). The van der Waals surface area contributed by atoms with Crippen molar-refractivity contribution in [3.8, 4) is 0 Å². The molecule has 0 atom stereocenters. The number of fused-ring (bicyclic) bond motifs is 1. The monoisotopic (exact) mass is 236 g/mol. The van der Waals surface area contributed by atoms with Crippen molar-refractivity contribution in [3.63, 3.8) is 0 Å². The predicted molar refractivity (Wildman–Crippen MR) is 65.2 cm³/mol. The molecule has 0 fully saturated rings. The molecule has 4 nitrogen and oxygen atoms in total. The maximum atomic E-state index is 11.0. The topological polar surface area (TPSA) is 86.2 Å². The Balaban J connectivity index is 2.51. The van der Waals surface area contributed by atoms with Crippen LogP contribution >= 0.6 is 0 Å². The lowest BCUT2D eigenvalue weighted by Gasteiger charge is -2.03. The molecule has 16 heavy (non-hydrogen) atoms. The molecule has 4 N–H and O–H groups in total. The number of hydrogen-bond acceptors (Lipinski definition) is 3. The van der Waals surface area contributed by atoms with E-state index in [1.165, 1.54) is 0 Å². The second-order valence-electron chi connectivity index (χ2n) is 3.75. The zero-order valence-electron chi connectivity index (χ0n) is 8.55. The summed E-state index contributed by atoms with van der Waals surface area (Å²) >= 11 is 0. The molecule has 2 aromatic carbocycles. The third-order valence-electron chi connectivity index (χ3n) is 2.30. The molecule has 0 aromatic heterocycles. The molecule has 2 aromatic rings. The molecule has 5 heteroatoms.